The van der Waals surface area contributed by atoms with Crippen molar-refractivity contribution < 1.29 is 28.7 Å². The van der Waals surface area contributed by atoms with Crippen LogP contribution in [0.15, 0.2) is 60.7 Å². The SMILES string of the molecule is CCOC(=O)CN1C(=O)[C@](C)(NC(=O)c2ccccc2)[C@@](C)(NC(=O)c2ccccc2)C1=O. The molecule has 0 aromatic heterocycles. The van der Waals surface area contributed by atoms with E-state index in [4.69, 9.17) is 4.74 Å². The van der Waals surface area contributed by atoms with Crippen LogP contribution in [0.25, 0.3) is 0 Å². The number of esters is 1. The van der Waals surface area contributed by atoms with E-state index < -0.39 is 47.2 Å². The Morgan fingerprint density at radius 1 is 0.788 bits per heavy atom. The minimum atomic E-state index is -1.88. The topological polar surface area (TPSA) is 122 Å². The molecule has 9 nitrogen and oxygen atoms in total. The molecule has 0 spiro atoms. The summed E-state index contributed by atoms with van der Waals surface area (Å²) < 4.78 is 4.88. The van der Waals surface area contributed by atoms with Gasteiger partial charge in [0.05, 0.1) is 6.61 Å². The Morgan fingerprint density at radius 2 is 1.18 bits per heavy atom. The second-order valence-corrected chi connectivity index (χ2v) is 7.89. The molecule has 2 aromatic carbocycles. The fraction of sp³-hybridized carbons (Fsp3) is 0.292. The van der Waals surface area contributed by atoms with Crippen LogP contribution < -0.4 is 10.6 Å². The van der Waals surface area contributed by atoms with E-state index in [9.17, 15) is 24.0 Å². The highest BCUT2D eigenvalue weighted by molar-refractivity contribution is 6.18. The lowest BCUT2D eigenvalue weighted by Gasteiger charge is -2.37. The van der Waals surface area contributed by atoms with Crippen LogP contribution in [-0.2, 0) is 19.1 Å². The Balaban J connectivity index is 2.00. The van der Waals surface area contributed by atoms with Gasteiger partial charge >= 0.3 is 5.97 Å². The highest BCUT2D eigenvalue weighted by atomic mass is 16.5. The average molecular weight is 451 g/mol. The molecule has 1 aliphatic rings. The third-order valence-electron chi connectivity index (χ3n) is 5.74. The molecule has 1 fully saturated rings. The van der Waals surface area contributed by atoms with Gasteiger partial charge in [-0.1, -0.05) is 36.4 Å². The van der Waals surface area contributed by atoms with Crippen molar-refractivity contribution in [3.63, 3.8) is 0 Å². The summed E-state index contributed by atoms with van der Waals surface area (Å²) >= 11 is 0. The van der Waals surface area contributed by atoms with Crippen LogP contribution in [0.1, 0.15) is 41.5 Å². The van der Waals surface area contributed by atoms with E-state index >= 15 is 0 Å². The summed E-state index contributed by atoms with van der Waals surface area (Å²) in [4.78, 5) is 65.4. The molecule has 1 saturated heterocycles. The van der Waals surface area contributed by atoms with Crippen LogP contribution in [0.2, 0.25) is 0 Å². The molecule has 0 bridgehead atoms. The number of benzene rings is 2. The van der Waals surface area contributed by atoms with E-state index in [0.29, 0.717) is 4.90 Å². The van der Waals surface area contributed by atoms with Crippen molar-refractivity contribution in [1.29, 1.82) is 0 Å². The number of imide groups is 1. The molecule has 3 rings (SSSR count). The molecule has 0 unspecified atom stereocenters. The molecule has 9 heteroatoms. The fourth-order valence-electron chi connectivity index (χ4n) is 3.67. The monoisotopic (exact) mass is 451 g/mol. The lowest BCUT2D eigenvalue weighted by molar-refractivity contribution is -0.153. The van der Waals surface area contributed by atoms with E-state index in [2.05, 4.69) is 10.6 Å². The number of amides is 4. The normalized spacial score (nSPS) is 22.1. The minimum absolute atomic E-state index is 0.0685. The highest BCUT2D eigenvalue weighted by Gasteiger charge is 2.66. The van der Waals surface area contributed by atoms with E-state index in [-0.39, 0.29) is 17.7 Å². The summed E-state index contributed by atoms with van der Waals surface area (Å²) in [5.74, 6) is -3.68. The van der Waals surface area contributed by atoms with Crippen LogP contribution in [0.5, 0.6) is 0 Å². The fourth-order valence-corrected chi connectivity index (χ4v) is 3.67. The summed E-state index contributed by atoms with van der Waals surface area (Å²) in [7, 11) is 0. The van der Waals surface area contributed by atoms with Crippen LogP contribution in [0.3, 0.4) is 0 Å². The number of nitrogens with one attached hydrogen (secondary N) is 2. The first kappa shape index (κ1) is 23.6. The maximum Gasteiger partial charge on any atom is 0.326 e. The quantitative estimate of drug-likeness (QED) is 0.483. The Bertz CT molecular complexity index is 1010. The van der Waals surface area contributed by atoms with Crippen molar-refractivity contribution in [3.8, 4) is 0 Å². The second kappa shape index (κ2) is 9.23. The first-order chi connectivity index (χ1) is 15.6. The van der Waals surface area contributed by atoms with Gasteiger partial charge in [-0.3, -0.25) is 28.9 Å². The van der Waals surface area contributed by atoms with Crippen molar-refractivity contribution >= 4 is 29.6 Å². The molecule has 2 aromatic rings. The van der Waals surface area contributed by atoms with Crippen molar-refractivity contribution in [2.24, 2.45) is 0 Å². The smallest absolute Gasteiger partial charge is 0.326 e. The lowest BCUT2D eigenvalue weighted by atomic mass is 9.80. The van der Waals surface area contributed by atoms with Crippen molar-refractivity contribution in [1.82, 2.24) is 15.5 Å². The number of carbonyl (C=O) groups excluding carboxylic acids is 5. The summed E-state index contributed by atoms with van der Waals surface area (Å²) in [5, 5.41) is 5.23. The Labute approximate surface area is 191 Å². The van der Waals surface area contributed by atoms with Crippen LogP contribution >= 0.6 is 0 Å². The van der Waals surface area contributed by atoms with Gasteiger partial charge in [-0.2, -0.15) is 0 Å². The van der Waals surface area contributed by atoms with Gasteiger partial charge in [0, 0.05) is 11.1 Å². The zero-order valence-electron chi connectivity index (χ0n) is 18.6. The number of hydrogen-bond acceptors (Lipinski definition) is 6. The molecular formula is C24H25N3O6. The number of rotatable bonds is 7. The first-order valence-corrected chi connectivity index (χ1v) is 10.4. The molecular weight excluding hydrogens is 426 g/mol. The van der Waals surface area contributed by atoms with E-state index in [1.54, 1.807) is 67.6 Å². The number of nitrogens with zero attached hydrogens (tertiary/aromatic N) is 1. The second-order valence-electron chi connectivity index (χ2n) is 7.89. The van der Waals surface area contributed by atoms with Gasteiger partial charge < -0.3 is 15.4 Å². The summed E-state index contributed by atoms with van der Waals surface area (Å²) in [6, 6.07) is 16.3. The molecule has 1 aliphatic heterocycles. The zero-order chi connectivity index (χ0) is 24.2. The molecule has 2 atom stereocenters. The maximum absolute atomic E-state index is 13.4. The summed E-state index contributed by atoms with van der Waals surface area (Å²) in [5.41, 5.74) is -3.24. The van der Waals surface area contributed by atoms with Crippen LogP contribution in [0, 0.1) is 0 Å². The van der Waals surface area contributed by atoms with Crippen LogP contribution in [0.4, 0.5) is 0 Å². The third-order valence-corrected chi connectivity index (χ3v) is 5.74. The molecule has 0 radical (unpaired) electrons. The first-order valence-electron chi connectivity index (χ1n) is 10.4. The predicted octanol–water partition coefficient (Wildman–Crippen LogP) is 1.30. The Morgan fingerprint density at radius 3 is 1.55 bits per heavy atom. The molecule has 4 amide bonds. The van der Waals surface area contributed by atoms with Gasteiger partial charge in [0.25, 0.3) is 23.6 Å². The maximum atomic E-state index is 13.4. The van der Waals surface area contributed by atoms with Gasteiger partial charge in [-0.25, -0.2) is 0 Å². The Kier molecular flexibility index (Phi) is 6.62. The van der Waals surface area contributed by atoms with E-state index in [0.717, 1.165) is 0 Å². The lowest BCUT2D eigenvalue weighted by Crippen LogP contribution is -2.70. The van der Waals surface area contributed by atoms with Gasteiger partial charge in [-0.15, -0.1) is 0 Å². The predicted molar refractivity (Wildman–Crippen MR) is 118 cm³/mol. The largest absolute Gasteiger partial charge is 0.465 e. The van der Waals surface area contributed by atoms with Gasteiger partial charge in [0.15, 0.2) is 0 Å². The summed E-state index contributed by atoms with van der Waals surface area (Å²) in [6.45, 7) is 3.73. The van der Waals surface area contributed by atoms with Crippen molar-refractivity contribution in [2.45, 2.75) is 31.8 Å². The van der Waals surface area contributed by atoms with E-state index in [1.807, 2.05) is 0 Å². The molecule has 0 aliphatic carbocycles. The number of ether oxygens (including phenoxy) is 1. The molecule has 1 heterocycles. The van der Waals surface area contributed by atoms with Gasteiger partial charge in [0.1, 0.15) is 17.6 Å². The molecule has 172 valence electrons. The average Bonchev–Trinajstić information content (AvgIpc) is 2.94. The third kappa shape index (κ3) is 4.34. The van der Waals surface area contributed by atoms with Crippen molar-refractivity contribution in [2.75, 3.05) is 13.2 Å². The van der Waals surface area contributed by atoms with Gasteiger partial charge in [-0.05, 0) is 45.0 Å². The molecule has 33 heavy (non-hydrogen) atoms. The minimum Gasteiger partial charge on any atom is -0.465 e. The summed E-state index contributed by atoms with van der Waals surface area (Å²) in [6.07, 6.45) is 0. The molecule has 0 saturated carbocycles. The Hall–Kier alpha value is -4.01. The van der Waals surface area contributed by atoms with Gasteiger partial charge in [0.2, 0.25) is 0 Å². The zero-order valence-corrected chi connectivity index (χ0v) is 18.6. The number of likely N-dealkylation sites (tertiary alicyclic amines) is 1. The number of hydrogen-bond donors (Lipinski definition) is 2. The number of carbonyl (C=O) groups is 5. The van der Waals surface area contributed by atoms with Crippen LogP contribution in [-0.4, -0.2) is 58.7 Å². The highest BCUT2D eigenvalue weighted by Crippen LogP contribution is 2.35. The van der Waals surface area contributed by atoms with E-state index in [1.165, 1.54) is 13.8 Å². The molecule has 2 N–H and O–H groups in total. The standard InChI is InChI=1S/C24H25N3O6/c1-4-33-18(28)15-27-21(31)23(2,25-19(29)16-11-7-5-8-12-16)24(3,22(27)32)26-20(30)17-13-9-6-10-14-17/h5-14H,4,15H2,1-3H3,(H,25,29)(H,26,30)/t23-,24-/m0/s1. The van der Waals surface area contributed by atoms with Crippen molar-refractivity contribution in [3.05, 3.63) is 71.8 Å².